The third kappa shape index (κ3) is 3.26. The van der Waals surface area contributed by atoms with Crippen LogP contribution < -0.4 is 4.74 Å². The van der Waals surface area contributed by atoms with Gasteiger partial charge in [0.1, 0.15) is 11.5 Å². The first-order valence-corrected chi connectivity index (χ1v) is 6.26. The molecule has 0 spiro atoms. The van der Waals surface area contributed by atoms with Crippen LogP contribution in [-0.4, -0.2) is 18.0 Å². The first-order chi connectivity index (χ1) is 9.60. The van der Waals surface area contributed by atoms with E-state index in [2.05, 4.69) is 0 Å². The molecule has 0 amide bonds. The number of phenols is 1. The molecule has 0 fully saturated rings. The molecule has 0 heterocycles. The minimum atomic E-state index is -0.0849. The summed E-state index contributed by atoms with van der Waals surface area (Å²) < 4.78 is 5.08. The van der Waals surface area contributed by atoms with Crippen LogP contribution in [-0.2, 0) is 0 Å². The number of hydrogen-bond donors (Lipinski definition) is 1. The Labute approximate surface area is 118 Å². The van der Waals surface area contributed by atoms with E-state index in [1.807, 2.05) is 24.3 Å². The van der Waals surface area contributed by atoms with Crippen molar-refractivity contribution < 1.29 is 14.6 Å². The number of hydrogen-bond acceptors (Lipinski definition) is 3. The average Bonchev–Trinajstić information content (AvgIpc) is 2.45. The van der Waals surface area contributed by atoms with Gasteiger partial charge in [0.2, 0.25) is 0 Å². The van der Waals surface area contributed by atoms with E-state index in [1.165, 1.54) is 12.1 Å². The summed E-state index contributed by atoms with van der Waals surface area (Å²) >= 11 is 0. The molecule has 3 nitrogen and oxygen atoms in total. The maximum absolute atomic E-state index is 12.1. The molecule has 0 aromatic heterocycles. The molecule has 20 heavy (non-hydrogen) atoms. The molecule has 0 aliphatic rings. The topological polar surface area (TPSA) is 46.5 Å². The van der Waals surface area contributed by atoms with Gasteiger partial charge in [-0.05, 0) is 54.5 Å². The van der Waals surface area contributed by atoms with Crippen molar-refractivity contribution in [2.24, 2.45) is 0 Å². The Morgan fingerprint density at radius 1 is 1.15 bits per heavy atom. The highest BCUT2D eigenvalue weighted by atomic mass is 16.5. The van der Waals surface area contributed by atoms with Crippen molar-refractivity contribution in [3.05, 3.63) is 65.2 Å². The van der Waals surface area contributed by atoms with Crippen LogP contribution in [0.1, 0.15) is 21.5 Å². The number of carbonyl (C=O) groups is 1. The molecule has 0 bridgehead atoms. The second kappa shape index (κ2) is 6.06. The molecule has 3 heteroatoms. The Morgan fingerprint density at radius 3 is 2.45 bits per heavy atom. The van der Waals surface area contributed by atoms with Crippen molar-refractivity contribution in [2.45, 2.75) is 6.92 Å². The molecule has 0 aliphatic heterocycles. The molecule has 0 saturated carbocycles. The first kappa shape index (κ1) is 13.9. The van der Waals surface area contributed by atoms with Crippen LogP contribution in [0.4, 0.5) is 0 Å². The standard InChI is InChI=1S/C17H16O3/c1-12-11-14(18)6-9-16(12)17(19)10-5-13-3-7-15(20-2)8-4-13/h3-11,18H,1-2H3. The van der Waals surface area contributed by atoms with Crippen LogP contribution in [0, 0.1) is 6.92 Å². The van der Waals surface area contributed by atoms with Crippen molar-refractivity contribution in [1.82, 2.24) is 0 Å². The number of benzene rings is 2. The van der Waals surface area contributed by atoms with E-state index in [0.717, 1.165) is 16.9 Å². The van der Waals surface area contributed by atoms with E-state index >= 15 is 0 Å². The van der Waals surface area contributed by atoms with Crippen LogP contribution in [0.3, 0.4) is 0 Å². The van der Waals surface area contributed by atoms with E-state index in [9.17, 15) is 9.90 Å². The van der Waals surface area contributed by atoms with Crippen LogP contribution in [0.5, 0.6) is 11.5 Å². The monoisotopic (exact) mass is 268 g/mol. The van der Waals surface area contributed by atoms with Crippen LogP contribution >= 0.6 is 0 Å². The minimum absolute atomic E-state index is 0.0849. The fourth-order valence-corrected chi connectivity index (χ4v) is 1.90. The fourth-order valence-electron chi connectivity index (χ4n) is 1.90. The van der Waals surface area contributed by atoms with Gasteiger partial charge >= 0.3 is 0 Å². The molecule has 1 N–H and O–H groups in total. The van der Waals surface area contributed by atoms with Gasteiger partial charge in [-0.15, -0.1) is 0 Å². The van der Waals surface area contributed by atoms with Crippen molar-refractivity contribution in [3.63, 3.8) is 0 Å². The Hall–Kier alpha value is -2.55. The highest BCUT2D eigenvalue weighted by molar-refractivity contribution is 6.07. The summed E-state index contributed by atoms with van der Waals surface area (Å²) in [6.45, 7) is 1.80. The largest absolute Gasteiger partial charge is 0.508 e. The molecule has 0 atom stereocenters. The van der Waals surface area contributed by atoms with Crippen LogP contribution in [0.25, 0.3) is 6.08 Å². The van der Waals surface area contributed by atoms with E-state index < -0.39 is 0 Å². The molecule has 2 aromatic carbocycles. The summed E-state index contributed by atoms with van der Waals surface area (Å²) in [5.41, 5.74) is 2.28. The molecule has 0 saturated heterocycles. The third-order valence-corrected chi connectivity index (χ3v) is 3.02. The number of ether oxygens (including phenoxy) is 1. The van der Waals surface area contributed by atoms with Crippen LogP contribution in [0.15, 0.2) is 48.5 Å². The van der Waals surface area contributed by atoms with E-state index in [4.69, 9.17) is 4.74 Å². The van der Waals surface area contributed by atoms with Gasteiger partial charge in [0.15, 0.2) is 5.78 Å². The van der Waals surface area contributed by atoms with Gasteiger partial charge in [0, 0.05) is 5.56 Å². The Bertz CT molecular complexity index is 640. The number of carbonyl (C=O) groups excluding carboxylic acids is 1. The predicted molar refractivity (Wildman–Crippen MR) is 79.2 cm³/mol. The lowest BCUT2D eigenvalue weighted by Crippen LogP contribution is -1.97. The quantitative estimate of drug-likeness (QED) is 0.680. The zero-order chi connectivity index (χ0) is 14.5. The molecule has 102 valence electrons. The van der Waals surface area contributed by atoms with Gasteiger partial charge in [-0.2, -0.15) is 0 Å². The molecule has 2 rings (SSSR count). The zero-order valence-corrected chi connectivity index (χ0v) is 11.5. The minimum Gasteiger partial charge on any atom is -0.508 e. The number of ketones is 1. The maximum atomic E-state index is 12.1. The average molecular weight is 268 g/mol. The van der Waals surface area contributed by atoms with Crippen molar-refractivity contribution in [1.29, 1.82) is 0 Å². The summed E-state index contributed by atoms with van der Waals surface area (Å²) in [6.07, 6.45) is 3.29. The molecular formula is C17H16O3. The number of phenolic OH excluding ortho intramolecular Hbond substituents is 1. The van der Waals surface area contributed by atoms with Gasteiger partial charge in [-0.1, -0.05) is 18.2 Å². The molecule has 2 aromatic rings. The predicted octanol–water partition coefficient (Wildman–Crippen LogP) is 3.61. The Morgan fingerprint density at radius 2 is 1.85 bits per heavy atom. The molecule has 0 unspecified atom stereocenters. The lowest BCUT2D eigenvalue weighted by molar-refractivity contribution is 0.104. The first-order valence-electron chi connectivity index (χ1n) is 6.26. The van der Waals surface area contributed by atoms with Gasteiger partial charge in [0.05, 0.1) is 7.11 Å². The lowest BCUT2D eigenvalue weighted by Gasteiger charge is -2.02. The summed E-state index contributed by atoms with van der Waals surface area (Å²) in [6, 6.07) is 12.2. The summed E-state index contributed by atoms with van der Waals surface area (Å²) in [5, 5.41) is 9.34. The summed E-state index contributed by atoms with van der Waals surface area (Å²) in [4.78, 5) is 12.1. The fraction of sp³-hybridized carbons (Fsp3) is 0.118. The van der Waals surface area contributed by atoms with E-state index in [1.54, 1.807) is 32.2 Å². The number of allylic oxidation sites excluding steroid dienone is 1. The number of rotatable bonds is 4. The normalized spacial score (nSPS) is 10.7. The maximum Gasteiger partial charge on any atom is 0.186 e. The number of aromatic hydroxyl groups is 1. The highest BCUT2D eigenvalue weighted by Crippen LogP contribution is 2.17. The van der Waals surface area contributed by atoms with Crippen LogP contribution in [0.2, 0.25) is 0 Å². The van der Waals surface area contributed by atoms with E-state index in [0.29, 0.717) is 5.56 Å². The van der Waals surface area contributed by atoms with E-state index in [-0.39, 0.29) is 11.5 Å². The second-order valence-corrected chi connectivity index (χ2v) is 4.47. The smallest absolute Gasteiger partial charge is 0.186 e. The molecule has 0 radical (unpaired) electrons. The second-order valence-electron chi connectivity index (χ2n) is 4.47. The van der Waals surface area contributed by atoms with Gasteiger partial charge < -0.3 is 9.84 Å². The van der Waals surface area contributed by atoms with Crippen molar-refractivity contribution in [3.8, 4) is 11.5 Å². The summed E-state index contributed by atoms with van der Waals surface area (Å²) in [7, 11) is 1.61. The SMILES string of the molecule is COc1ccc(C=CC(=O)c2ccc(O)cc2C)cc1. The Kier molecular flexibility index (Phi) is 4.20. The Balaban J connectivity index is 2.15. The van der Waals surface area contributed by atoms with Gasteiger partial charge in [-0.25, -0.2) is 0 Å². The van der Waals surface area contributed by atoms with Crippen molar-refractivity contribution in [2.75, 3.05) is 7.11 Å². The molecular weight excluding hydrogens is 252 g/mol. The highest BCUT2D eigenvalue weighted by Gasteiger charge is 2.06. The third-order valence-electron chi connectivity index (χ3n) is 3.02. The zero-order valence-electron chi connectivity index (χ0n) is 11.5. The number of methoxy groups -OCH3 is 1. The molecule has 0 aliphatic carbocycles. The van der Waals surface area contributed by atoms with Crippen molar-refractivity contribution >= 4 is 11.9 Å². The van der Waals surface area contributed by atoms with Gasteiger partial charge in [-0.3, -0.25) is 4.79 Å². The number of aryl methyl sites for hydroxylation is 1. The lowest BCUT2D eigenvalue weighted by atomic mass is 10.0. The summed E-state index contributed by atoms with van der Waals surface area (Å²) in [5.74, 6) is 0.861. The van der Waals surface area contributed by atoms with Gasteiger partial charge in [0.25, 0.3) is 0 Å².